The molecule has 4 aromatic rings. The van der Waals surface area contributed by atoms with E-state index in [0.29, 0.717) is 11.1 Å². The first-order valence-corrected chi connectivity index (χ1v) is 10.7. The lowest BCUT2D eigenvalue weighted by Crippen LogP contribution is -2.32. The highest BCUT2D eigenvalue weighted by molar-refractivity contribution is 5.91. The van der Waals surface area contributed by atoms with Gasteiger partial charge in [0.25, 0.3) is 5.56 Å². The van der Waals surface area contributed by atoms with E-state index in [0.717, 1.165) is 34.8 Å². The second-order valence-corrected chi connectivity index (χ2v) is 8.32. The van der Waals surface area contributed by atoms with Crippen molar-refractivity contribution in [2.24, 2.45) is 0 Å². The molecule has 174 valence electrons. The number of rotatable bonds is 5. The number of aromatic nitrogens is 4. The molecule has 0 radical (unpaired) electrons. The smallest absolute Gasteiger partial charge is 0.324 e. The van der Waals surface area contributed by atoms with E-state index in [1.54, 1.807) is 6.20 Å². The van der Waals surface area contributed by atoms with E-state index in [4.69, 9.17) is 0 Å². The third-order valence-electron chi connectivity index (χ3n) is 5.82. The molecule has 34 heavy (non-hydrogen) atoms. The minimum atomic E-state index is -4.63. The molecule has 7 nitrogen and oxygen atoms in total. The summed E-state index contributed by atoms with van der Waals surface area (Å²) in [5.41, 5.74) is 0.700. The van der Waals surface area contributed by atoms with Crippen LogP contribution >= 0.6 is 0 Å². The van der Waals surface area contributed by atoms with Crippen molar-refractivity contribution in [3.05, 3.63) is 81.9 Å². The van der Waals surface area contributed by atoms with Gasteiger partial charge in [0.15, 0.2) is 0 Å². The third-order valence-corrected chi connectivity index (χ3v) is 5.82. The lowest BCUT2D eigenvalue weighted by Gasteiger charge is -2.14. The zero-order valence-corrected chi connectivity index (χ0v) is 18.1. The standard InChI is InChI=1S/C24H20F3N5O2/c1-14-6-2-5-9-19(14)32-22-16(12-28-32)21(15-10-11-15)30-31(23(22)34)13-20(33)29-18-8-4-3-7-17(18)24(25,26)27/h2-9,12,15H,10-11,13H2,1H3,(H,29,33). The fourth-order valence-electron chi connectivity index (χ4n) is 4.01. The number of aryl methyl sites for hydroxylation is 1. The number of hydrogen-bond donors (Lipinski definition) is 1. The van der Waals surface area contributed by atoms with E-state index in [1.165, 1.54) is 22.9 Å². The highest BCUT2D eigenvalue weighted by atomic mass is 19.4. The molecule has 0 saturated heterocycles. The van der Waals surface area contributed by atoms with Gasteiger partial charge in [-0.05, 0) is 43.5 Å². The molecule has 1 amide bonds. The second kappa shape index (κ2) is 8.12. The molecule has 0 unspecified atom stereocenters. The third kappa shape index (κ3) is 3.95. The molecule has 1 N–H and O–H groups in total. The number of hydrogen-bond acceptors (Lipinski definition) is 4. The van der Waals surface area contributed by atoms with Gasteiger partial charge in [0.2, 0.25) is 5.91 Å². The van der Waals surface area contributed by atoms with Gasteiger partial charge in [0.05, 0.1) is 28.8 Å². The van der Waals surface area contributed by atoms with Gasteiger partial charge in [0, 0.05) is 11.3 Å². The lowest BCUT2D eigenvalue weighted by atomic mass is 10.1. The number of nitrogens with one attached hydrogen (secondary N) is 1. The van der Waals surface area contributed by atoms with Crippen LogP contribution < -0.4 is 10.9 Å². The number of amides is 1. The molecule has 0 atom stereocenters. The monoisotopic (exact) mass is 467 g/mol. The summed E-state index contributed by atoms with van der Waals surface area (Å²) < 4.78 is 42.4. The van der Waals surface area contributed by atoms with E-state index >= 15 is 0 Å². The minimum absolute atomic E-state index is 0.151. The average Bonchev–Trinajstić information content (AvgIpc) is 3.54. The molecule has 10 heteroatoms. The van der Waals surface area contributed by atoms with Gasteiger partial charge in [-0.1, -0.05) is 30.3 Å². The number of anilines is 1. The summed E-state index contributed by atoms with van der Waals surface area (Å²) in [4.78, 5) is 26.1. The maximum Gasteiger partial charge on any atom is 0.418 e. The number of nitrogens with zero attached hydrogens (tertiary/aromatic N) is 4. The number of carbonyl (C=O) groups excluding carboxylic acids is 1. The van der Waals surface area contributed by atoms with Gasteiger partial charge < -0.3 is 5.32 Å². The van der Waals surface area contributed by atoms with Crippen molar-refractivity contribution >= 4 is 22.5 Å². The largest absolute Gasteiger partial charge is 0.418 e. The maximum absolute atomic E-state index is 13.4. The molecule has 1 aliphatic carbocycles. The normalized spacial score (nSPS) is 13.9. The number of carbonyl (C=O) groups is 1. The van der Waals surface area contributed by atoms with Gasteiger partial charge in [-0.15, -0.1) is 0 Å². The van der Waals surface area contributed by atoms with E-state index in [2.05, 4.69) is 15.5 Å². The summed E-state index contributed by atoms with van der Waals surface area (Å²) in [7, 11) is 0. The van der Waals surface area contributed by atoms with E-state index in [9.17, 15) is 22.8 Å². The zero-order valence-electron chi connectivity index (χ0n) is 18.1. The fraction of sp³-hybridized carbons (Fsp3) is 0.250. The van der Waals surface area contributed by atoms with Crippen LogP contribution in [0.2, 0.25) is 0 Å². The van der Waals surface area contributed by atoms with E-state index < -0.39 is 29.8 Å². The summed E-state index contributed by atoms with van der Waals surface area (Å²) in [6.07, 6.45) is -1.22. The summed E-state index contributed by atoms with van der Waals surface area (Å²) in [6.45, 7) is 1.37. The molecule has 1 aliphatic rings. The average molecular weight is 467 g/mol. The van der Waals surface area contributed by atoms with Crippen molar-refractivity contribution in [3.8, 4) is 5.69 Å². The topological polar surface area (TPSA) is 81.8 Å². The summed E-state index contributed by atoms with van der Waals surface area (Å²) >= 11 is 0. The fourth-order valence-corrected chi connectivity index (χ4v) is 4.01. The second-order valence-electron chi connectivity index (χ2n) is 8.32. The highest BCUT2D eigenvalue weighted by Gasteiger charge is 2.34. The van der Waals surface area contributed by atoms with Crippen LogP contribution in [0.15, 0.2) is 59.5 Å². The summed E-state index contributed by atoms with van der Waals surface area (Å²) in [5, 5.41) is 11.7. The Hall–Kier alpha value is -3.95. The zero-order chi connectivity index (χ0) is 24.0. The minimum Gasteiger partial charge on any atom is -0.324 e. The molecule has 0 spiro atoms. The van der Waals surface area contributed by atoms with Crippen LogP contribution in [0.25, 0.3) is 16.6 Å². The Bertz CT molecular complexity index is 1470. The van der Waals surface area contributed by atoms with Crippen LogP contribution in [-0.4, -0.2) is 25.5 Å². The molecule has 2 aromatic carbocycles. The number of alkyl halides is 3. The van der Waals surface area contributed by atoms with Gasteiger partial charge in [0.1, 0.15) is 12.1 Å². The Morgan fingerprint density at radius 2 is 1.82 bits per heavy atom. The van der Waals surface area contributed by atoms with E-state index in [1.807, 2.05) is 31.2 Å². The molecular weight excluding hydrogens is 447 g/mol. The maximum atomic E-state index is 13.4. The number of halogens is 3. The van der Waals surface area contributed by atoms with Gasteiger partial charge in [-0.2, -0.15) is 23.4 Å². The predicted molar refractivity (Wildman–Crippen MR) is 120 cm³/mol. The Morgan fingerprint density at radius 3 is 2.53 bits per heavy atom. The Balaban J connectivity index is 1.55. The summed E-state index contributed by atoms with van der Waals surface area (Å²) in [6, 6.07) is 12.1. The number of para-hydroxylation sites is 2. The van der Waals surface area contributed by atoms with Crippen molar-refractivity contribution < 1.29 is 18.0 Å². The van der Waals surface area contributed by atoms with Crippen LogP contribution in [0.1, 0.15) is 35.6 Å². The molecule has 1 saturated carbocycles. The van der Waals surface area contributed by atoms with Crippen molar-refractivity contribution in [2.45, 2.75) is 38.4 Å². The van der Waals surface area contributed by atoms with Crippen LogP contribution in [0, 0.1) is 6.92 Å². The van der Waals surface area contributed by atoms with Crippen molar-refractivity contribution in [2.75, 3.05) is 5.32 Å². The molecule has 0 aliphatic heterocycles. The van der Waals surface area contributed by atoms with Gasteiger partial charge >= 0.3 is 6.18 Å². The van der Waals surface area contributed by atoms with Gasteiger partial charge in [-0.25, -0.2) is 9.36 Å². The molecule has 0 bridgehead atoms. The number of fused-ring (bicyclic) bond motifs is 1. The highest BCUT2D eigenvalue weighted by Crippen LogP contribution is 2.41. The molecule has 2 heterocycles. The predicted octanol–water partition coefficient (Wildman–Crippen LogP) is 4.43. The SMILES string of the molecule is Cc1ccccc1-n1ncc2c(C3CC3)nn(CC(=O)Nc3ccccc3C(F)(F)F)c(=O)c21. The first-order valence-electron chi connectivity index (χ1n) is 10.7. The lowest BCUT2D eigenvalue weighted by molar-refractivity contribution is -0.137. The van der Waals surface area contributed by atoms with Crippen molar-refractivity contribution in [1.82, 2.24) is 19.6 Å². The Morgan fingerprint density at radius 1 is 1.12 bits per heavy atom. The Kier molecular flexibility index (Phi) is 5.22. The van der Waals surface area contributed by atoms with Crippen LogP contribution in [0.4, 0.5) is 18.9 Å². The molecular formula is C24H20F3N5O2. The first-order chi connectivity index (χ1) is 16.2. The summed E-state index contributed by atoms with van der Waals surface area (Å²) in [5.74, 6) is -0.632. The van der Waals surface area contributed by atoms with Gasteiger partial charge in [-0.3, -0.25) is 9.59 Å². The number of benzene rings is 2. The molecule has 5 rings (SSSR count). The van der Waals surface area contributed by atoms with Crippen molar-refractivity contribution in [1.29, 1.82) is 0 Å². The van der Waals surface area contributed by atoms with E-state index in [-0.39, 0.29) is 17.1 Å². The Labute approximate surface area is 191 Å². The van der Waals surface area contributed by atoms with Crippen molar-refractivity contribution in [3.63, 3.8) is 0 Å². The van der Waals surface area contributed by atoms with Crippen LogP contribution in [0.3, 0.4) is 0 Å². The first kappa shape index (κ1) is 21.9. The molecule has 1 fully saturated rings. The van der Waals surface area contributed by atoms with Crippen LogP contribution in [-0.2, 0) is 17.5 Å². The molecule has 2 aromatic heterocycles. The quantitative estimate of drug-likeness (QED) is 0.471. The van der Waals surface area contributed by atoms with Crippen LogP contribution in [0.5, 0.6) is 0 Å².